The van der Waals surface area contributed by atoms with E-state index in [2.05, 4.69) is 42.0 Å². The van der Waals surface area contributed by atoms with E-state index in [-0.39, 0.29) is 36.7 Å². The number of carbonyl (C=O) groups excluding carboxylic acids is 1. The average Bonchev–Trinajstić information content (AvgIpc) is 3.33. The van der Waals surface area contributed by atoms with Crippen molar-refractivity contribution in [3.63, 3.8) is 0 Å². The number of rotatable bonds is 6. The van der Waals surface area contributed by atoms with Gasteiger partial charge >= 0.3 is 0 Å². The average molecular weight is 559 g/mol. The maximum Gasteiger partial charge on any atom is 0.231 e. The fourth-order valence-electron chi connectivity index (χ4n) is 4.09. The van der Waals surface area contributed by atoms with Gasteiger partial charge in [0.15, 0.2) is 0 Å². The van der Waals surface area contributed by atoms with Crippen molar-refractivity contribution in [2.45, 2.75) is 6.92 Å². The van der Waals surface area contributed by atoms with Crippen molar-refractivity contribution in [2.75, 3.05) is 16.0 Å². The molecule has 0 atom stereocenters. The molecular weight excluding hydrogens is 535 g/mol. The number of carbonyl (C=O) groups is 1. The molecule has 1 amide bonds. The van der Waals surface area contributed by atoms with Crippen LogP contribution in [0.1, 0.15) is 6.92 Å². The number of imidazole rings is 1. The summed E-state index contributed by atoms with van der Waals surface area (Å²) in [6, 6.07) is 25.7. The summed E-state index contributed by atoms with van der Waals surface area (Å²) in [5.41, 5.74) is 6.49. The van der Waals surface area contributed by atoms with Crippen LogP contribution in [0.25, 0.3) is 33.3 Å². The molecule has 11 heteroatoms. The second-order valence-corrected chi connectivity index (χ2v) is 8.47. The molecule has 0 aliphatic rings. The molecular formula is C28H24Cl2N8O. The summed E-state index contributed by atoms with van der Waals surface area (Å²) >= 11 is 0. The van der Waals surface area contributed by atoms with Gasteiger partial charge in [0.05, 0.1) is 16.6 Å². The van der Waals surface area contributed by atoms with E-state index in [1.54, 1.807) is 12.3 Å². The van der Waals surface area contributed by atoms with Gasteiger partial charge in [-0.05, 0) is 60.7 Å². The van der Waals surface area contributed by atoms with Crippen molar-refractivity contribution in [1.29, 1.82) is 0 Å². The highest BCUT2D eigenvalue weighted by atomic mass is 35.5. The van der Waals surface area contributed by atoms with Crippen molar-refractivity contribution in [1.82, 2.24) is 24.9 Å². The lowest BCUT2D eigenvalue weighted by molar-refractivity contribution is -0.114. The number of H-pyrrole nitrogens is 1. The number of amides is 1. The van der Waals surface area contributed by atoms with Crippen LogP contribution in [0.15, 0.2) is 91.3 Å². The van der Waals surface area contributed by atoms with Crippen molar-refractivity contribution in [2.24, 2.45) is 0 Å². The Labute approximate surface area is 236 Å². The third kappa shape index (κ3) is 6.06. The summed E-state index contributed by atoms with van der Waals surface area (Å²) in [6.45, 7) is 1.42. The third-order valence-electron chi connectivity index (χ3n) is 5.78. The van der Waals surface area contributed by atoms with E-state index in [0.717, 1.165) is 50.4 Å². The number of fused-ring (bicyclic) bond motifs is 2. The third-order valence-corrected chi connectivity index (χ3v) is 5.78. The van der Waals surface area contributed by atoms with E-state index < -0.39 is 0 Å². The van der Waals surface area contributed by atoms with Gasteiger partial charge in [0.1, 0.15) is 11.6 Å². The minimum Gasteiger partial charge on any atom is -0.355 e. The monoisotopic (exact) mass is 558 g/mol. The number of hydrogen-bond donors (Lipinski definition) is 4. The Morgan fingerprint density at radius 2 is 1.54 bits per heavy atom. The first kappa shape index (κ1) is 27.3. The van der Waals surface area contributed by atoms with Crippen molar-refractivity contribution < 1.29 is 4.79 Å². The minimum absolute atomic E-state index is 0. The fraction of sp³-hybridized carbons (Fsp3) is 0.0357. The Morgan fingerprint density at radius 1 is 0.769 bits per heavy atom. The van der Waals surface area contributed by atoms with Crippen LogP contribution in [0.4, 0.5) is 28.8 Å². The molecule has 0 unspecified atom stereocenters. The molecule has 39 heavy (non-hydrogen) atoms. The Bertz CT molecular complexity index is 1750. The van der Waals surface area contributed by atoms with E-state index in [1.807, 2.05) is 72.9 Å². The number of hydrogen-bond acceptors (Lipinski definition) is 7. The largest absolute Gasteiger partial charge is 0.355 e. The second kappa shape index (κ2) is 11.8. The summed E-state index contributed by atoms with van der Waals surface area (Å²) in [5, 5.41) is 10.4. The van der Waals surface area contributed by atoms with Gasteiger partial charge in [0, 0.05) is 47.3 Å². The number of aromatic amines is 1. The minimum atomic E-state index is -0.224. The molecule has 0 bridgehead atoms. The lowest BCUT2D eigenvalue weighted by Crippen LogP contribution is -2.09. The molecule has 9 nitrogen and oxygen atoms in total. The van der Waals surface area contributed by atoms with Gasteiger partial charge in [-0.1, -0.05) is 18.2 Å². The molecule has 3 aromatic carbocycles. The van der Waals surface area contributed by atoms with Crippen LogP contribution in [0.3, 0.4) is 0 Å². The van der Waals surface area contributed by atoms with Crippen LogP contribution in [0.2, 0.25) is 0 Å². The second-order valence-electron chi connectivity index (χ2n) is 8.47. The first-order valence-corrected chi connectivity index (χ1v) is 11.7. The predicted molar refractivity (Wildman–Crippen MR) is 161 cm³/mol. The number of nitrogens with zero attached hydrogens (tertiary/aromatic N) is 4. The van der Waals surface area contributed by atoms with Gasteiger partial charge < -0.3 is 15.6 Å². The van der Waals surface area contributed by atoms with Crippen LogP contribution >= 0.6 is 24.8 Å². The summed E-state index contributed by atoms with van der Waals surface area (Å²) in [4.78, 5) is 32.2. The zero-order valence-electron chi connectivity index (χ0n) is 20.7. The summed E-state index contributed by atoms with van der Waals surface area (Å²) < 4.78 is 0. The van der Waals surface area contributed by atoms with E-state index in [0.29, 0.717) is 5.82 Å². The molecule has 0 aliphatic carbocycles. The van der Waals surface area contributed by atoms with Gasteiger partial charge in [0.2, 0.25) is 11.9 Å². The first-order valence-electron chi connectivity index (χ1n) is 11.7. The van der Waals surface area contributed by atoms with E-state index >= 15 is 0 Å². The van der Waals surface area contributed by atoms with Crippen LogP contribution in [-0.2, 0) is 4.79 Å². The van der Waals surface area contributed by atoms with Crippen molar-refractivity contribution in [3.8, 4) is 11.4 Å². The zero-order chi connectivity index (χ0) is 25.2. The maximum absolute atomic E-state index is 11.3. The highest BCUT2D eigenvalue weighted by Gasteiger charge is 2.08. The van der Waals surface area contributed by atoms with Crippen LogP contribution in [0, 0.1) is 0 Å². The van der Waals surface area contributed by atoms with Gasteiger partial charge in [-0.15, -0.1) is 24.8 Å². The van der Waals surface area contributed by atoms with Gasteiger partial charge in [-0.3, -0.25) is 15.1 Å². The smallest absolute Gasteiger partial charge is 0.231 e. The highest BCUT2D eigenvalue weighted by Crippen LogP contribution is 2.28. The number of para-hydroxylation sites is 1. The van der Waals surface area contributed by atoms with Crippen LogP contribution in [-0.4, -0.2) is 30.8 Å². The summed E-state index contributed by atoms with van der Waals surface area (Å²) in [7, 11) is 0. The lowest BCUT2D eigenvalue weighted by atomic mass is 10.1. The number of aromatic nitrogens is 5. The van der Waals surface area contributed by atoms with E-state index in [1.165, 1.54) is 6.92 Å². The molecule has 0 fully saturated rings. The number of nitrogens with one attached hydrogen (secondary N) is 4. The SMILES string of the molecule is CC(=O)Nc1nccc(Nc2ccc3nc(-c4ccc(Nc5ccnc6ccccc56)cc4)[nH]c3c2)n1.Cl.Cl. The van der Waals surface area contributed by atoms with Crippen molar-refractivity contribution in [3.05, 3.63) is 91.3 Å². The molecule has 0 aliphatic heterocycles. The number of pyridine rings is 1. The lowest BCUT2D eigenvalue weighted by Gasteiger charge is -2.09. The Kier molecular flexibility index (Phi) is 8.24. The van der Waals surface area contributed by atoms with Gasteiger partial charge in [-0.25, -0.2) is 9.97 Å². The topological polar surface area (TPSA) is 121 Å². The van der Waals surface area contributed by atoms with Gasteiger partial charge in [0.25, 0.3) is 0 Å². The molecule has 0 radical (unpaired) electrons. The number of halogens is 2. The van der Waals surface area contributed by atoms with E-state index in [9.17, 15) is 4.79 Å². The Balaban J connectivity index is 0.00000176. The first-order chi connectivity index (χ1) is 18.1. The molecule has 6 rings (SSSR count). The molecule has 3 heterocycles. The number of anilines is 5. The molecule has 0 saturated heterocycles. The fourth-order valence-corrected chi connectivity index (χ4v) is 4.09. The van der Waals surface area contributed by atoms with Crippen molar-refractivity contribution >= 4 is 81.5 Å². The van der Waals surface area contributed by atoms with E-state index in [4.69, 9.17) is 4.98 Å². The Morgan fingerprint density at radius 3 is 2.36 bits per heavy atom. The molecule has 196 valence electrons. The predicted octanol–water partition coefficient (Wildman–Crippen LogP) is 6.86. The quantitative estimate of drug-likeness (QED) is 0.176. The zero-order valence-corrected chi connectivity index (χ0v) is 22.3. The highest BCUT2D eigenvalue weighted by molar-refractivity contribution is 5.93. The summed E-state index contributed by atoms with van der Waals surface area (Å²) in [5.74, 6) is 1.38. The molecule has 6 aromatic rings. The molecule has 3 aromatic heterocycles. The number of benzene rings is 3. The normalized spacial score (nSPS) is 10.4. The van der Waals surface area contributed by atoms with Crippen LogP contribution < -0.4 is 16.0 Å². The molecule has 4 N–H and O–H groups in total. The maximum atomic E-state index is 11.3. The standard InChI is InChI=1S/C28H22N8O.2ClH/c1-17(37)31-28-30-15-13-26(36-28)33-20-10-11-24-25(16-20)35-27(34-24)18-6-8-19(9-7-18)32-23-12-14-29-22-5-3-2-4-21(22)23;;/h2-16H,1H3,(H,29,32)(H,34,35)(H2,30,31,33,36,37);2*1H. The van der Waals surface area contributed by atoms with Crippen LogP contribution in [0.5, 0.6) is 0 Å². The molecule has 0 saturated carbocycles. The molecule has 0 spiro atoms. The summed E-state index contributed by atoms with van der Waals surface area (Å²) in [6.07, 6.45) is 3.40. The van der Waals surface area contributed by atoms with Gasteiger partial charge in [-0.2, -0.15) is 4.98 Å². The Hall–Kier alpha value is -4.73.